The fourth-order valence-corrected chi connectivity index (χ4v) is 5.11. The lowest BCUT2D eigenvalue weighted by atomic mass is 10.0. The average molecular weight is 309 g/mol. The van der Waals surface area contributed by atoms with Crippen LogP contribution in [-0.2, 0) is 10.0 Å². The SMILES string of the molecule is NC(=O)c1ccc(S(=O)(=O)N2CC3CCCC3C2)c(N)c1. The molecule has 6 nitrogen and oxygen atoms in total. The van der Waals surface area contributed by atoms with Gasteiger partial charge in [-0.1, -0.05) is 6.42 Å². The second kappa shape index (κ2) is 4.99. The number of hydrogen-bond acceptors (Lipinski definition) is 4. The van der Waals surface area contributed by atoms with Crippen LogP contribution in [-0.4, -0.2) is 31.7 Å². The summed E-state index contributed by atoms with van der Waals surface area (Å²) in [6, 6.07) is 4.10. The predicted octanol–water partition coefficient (Wildman–Crippen LogP) is 0.788. The number of nitrogens with two attached hydrogens (primary N) is 2. The van der Waals surface area contributed by atoms with Crippen molar-refractivity contribution in [2.45, 2.75) is 24.2 Å². The van der Waals surface area contributed by atoms with E-state index in [9.17, 15) is 13.2 Å². The van der Waals surface area contributed by atoms with Crippen LogP contribution in [0.15, 0.2) is 23.1 Å². The molecule has 2 aliphatic rings. The Hall–Kier alpha value is -1.60. The van der Waals surface area contributed by atoms with Crippen molar-refractivity contribution in [2.75, 3.05) is 18.8 Å². The van der Waals surface area contributed by atoms with Gasteiger partial charge in [0.1, 0.15) is 4.90 Å². The van der Waals surface area contributed by atoms with Crippen molar-refractivity contribution < 1.29 is 13.2 Å². The highest BCUT2D eigenvalue weighted by Gasteiger charge is 2.41. The number of hydrogen-bond donors (Lipinski definition) is 2. The van der Waals surface area contributed by atoms with Gasteiger partial charge < -0.3 is 11.5 Å². The van der Waals surface area contributed by atoms with E-state index in [0.29, 0.717) is 24.9 Å². The van der Waals surface area contributed by atoms with Crippen LogP contribution in [0.25, 0.3) is 0 Å². The smallest absolute Gasteiger partial charge is 0.248 e. The van der Waals surface area contributed by atoms with Gasteiger partial charge in [-0.3, -0.25) is 4.79 Å². The van der Waals surface area contributed by atoms with Gasteiger partial charge in [-0.2, -0.15) is 4.31 Å². The molecule has 4 N–H and O–H groups in total. The molecule has 1 heterocycles. The number of anilines is 1. The molecule has 1 saturated carbocycles. The van der Waals surface area contributed by atoms with E-state index in [1.54, 1.807) is 0 Å². The highest BCUT2D eigenvalue weighted by atomic mass is 32.2. The summed E-state index contributed by atoms with van der Waals surface area (Å²) >= 11 is 0. The number of nitrogens with zero attached hydrogens (tertiary/aromatic N) is 1. The Kier molecular flexibility index (Phi) is 3.41. The molecule has 0 aromatic heterocycles. The van der Waals surface area contributed by atoms with Gasteiger partial charge in [0.15, 0.2) is 0 Å². The lowest BCUT2D eigenvalue weighted by molar-refractivity contribution is 0.1000. The molecule has 1 saturated heterocycles. The molecule has 0 bridgehead atoms. The average Bonchev–Trinajstić information content (AvgIpc) is 2.98. The summed E-state index contributed by atoms with van der Waals surface area (Å²) in [6.45, 7) is 1.15. The summed E-state index contributed by atoms with van der Waals surface area (Å²) in [5.74, 6) is 0.332. The van der Waals surface area contributed by atoms with Crippen LogP contribution in [0.2, 0.25) is 0 Å². The zero-order chi connectivity index (χ0) is 15.2. The molecule has 1 aliphatic carbocycles. The summed E-state index contributed by atoms with van der Waals surface area (Å²) in [5.41, 5.74) is 11.3. The van der Waals surface area contributed by atoms with Gasteiger partial charge in [0.2, 0.25) is 15.9 Å². The molecule has 1 aromatic carbocycles. The van der Waals surface area contributed by atoms with Gasteiger partial charge in [-0.15, -0.1) is 0 Å². The molecule has 0 spiro atoms. The van der Waals surface area contributed by atoms with Crippen molar-refractivity contribution in [1.29, 1.82) is 0 Å². The molecular formula is C14H19N3O3S. The Balaban J connectivity index is 1.90. The number of fused-ring (bicyclic) bond motifs is 1. The van der Waals surface area contributed by atoms with Crippen LogP contribution in [0.4, 0.5) is 5.69 Å². The van der Waals surface area contributed by atoms with Crippen LogP contribution < -0.4 is 11.5 Å². The minimum absolute atomic E-state index is 0.0625. The van der Waals surface area contributed by atoms with Crippen LogP contribution in [0.3, 0.4) is 0 Å². The van der Waals surface area contributed by atoms with E-state index in [2.05, 4.69) is 0 Å². The minimum atomic E-state index is -3.60. The van der Waals surface area contributed by atoms with E-state index in [-0.39, 0.29) is 16.1 Å². The lowest BCUT2D eigenvalue weighted by Crippen LogP contribution is -2.30. The molecule has 7 heteroatoms. The first-order valence-corrected chi connectivity index (χ1v) is 8.53. The Morgan fingerprint density at radius 3 is 2.33 bits per heavy atom. The van der Waals surface area contributed by atoms with E-state index in [0.717, 1.165) is 12.8 Å². The maximum absolute atomic E-state index is 12.7. The number of amides is 1. The third-order valence-electron chi connectivity index (χ3n) is 4.60. The van der Waals surface area contributed by atoms with Gasteiger partial charge in [0, 0.05) is 18.7 Å². The van der Waals surface area contributed by atoms with E-state index in [4.69, 9.17) is 11.5 Å². The molecule has 3 rings (SSSR count). The van der Waals surface area contributed by atoms with Crippen molar-refractivity contribution in [3.63, 3.8) is 0 Å². The van der Waals surface area contributed by atoms with Crippen molar-refractivity contribution in [2.24, 2.45) is 17.6 Å². The zero-order valence-electron chi connectivity index (χ0n) is 11.7. The maximum atomic E-state index is 12.7. The summed E-state index contributed by atoms with van der Waals surface area (Å²) < 4.78 is 26.9. The Bertz CT molecular complexity index is 675. The Morgan fingerprint density at radius 1 is 1.19 bits per heavy atom. The number of nitrogen functional groups attached to an aromatic ring is 1. The molecule has 1 aliphatic heterocycles. The molecule has 1 aromatic rings. The number of carbonyl (C=O) groups excluding carboxylic acids is 1. The van der Waals surface area contributed by atoms with Gasteiger partial charge in [-0.05, 0) is 42.9 Å². The van der Waals surface area contributed by atoms with Crippen LogP contribution >= 0.6 is 0 Å². The number of rotatable bonds is 3. The Morgan fingerprint density at radius 2 is 1.81 bits per heavy atom. The highest BCUT2D eigenvalue weighted by Crippen LogP contribution is 2.40. The molecule has 2 fully saturated rings. The van der Waals surface area contributed by atoms with E-state index >= 15 is 0 Å². The van der Waals surface area contributed by atoms with Gasteiger partial charge >= 0.3 is 0 Å². The zero-order valence-corrected chi connectivity index (χ0v) is 12.5. The Labute approximate surface area is 124 Å². The monoisotopic (exact) mass is 309 g/mol. The third kappa shape index (κ3) is 2.40. The lowest BCUT2D eigenvalue weighted by Gasteiger charge is -2.18. The van der Waals surface area contributed by atoms with E-state index < -0.39 is 15.9 Å². The molecule has 2 unspecified atom stereocenters. The quantitative estimate of drug-likeness (QED) is 0.805. The fourth-order valence-electron chi connectivity index (χ4n) is 3.46. The predicted molar refractivity (Wildman–Crippen MR) is 79.0 cm³/mol. The summed E-state index contributed by atoms with van der Waals surface area (Å²) in [5, 5.41) is 0. The standard InChI is InChI=1S/C14H19N3O3S/c15-12-6-9(14(16)18)4-5-13(12)21(19,20)17-7-10-2-1-3-11(10)8-17/h4-6,10-11H,1-3,7-8,15H2,(H2,16,18). The second-order valence-corrected chi connectivity index (χ2v) is 7.80. The molecular weight excluding hydrogens is 290 g/mol. The van der Waals surface area contributed by atoms with Crippen molar-refractivity contribution in [1.82, 2.24) is 4.31 Å². The van der Waals surface area contributed by atoms with Gasteiger partial charge in [0.25, 0.3) is 0 Å². The fraction of sp³-hybridized carbons (Fsp3) is 0.500. The normalized spacial score (nSPS) is 25.9. The summed E-state index contributed by atoms with van der Waals surface area (Å²) in [6.07, 6.45) is 3.40. The number of benzene rings is 1. The van der Waals surface area contributed by atoms with Crippen LogP contribution in [0, 0.1) is 11.8 Å². The summed E-state index contributed by atoms with van der Waals surface area (Å²) in [4.78, 5) is 11.2. The first kappa shape index (κ1) is 14.3. The molecule has 2 atom stereocenters. The molecule has 1 amide bonds. The topological polar surface area (TPSA) is 106 Å². The van der Waals surface area contributed by atoms with Crippen molar-refractivity contribution in [3.8, 4) is 0 Å². The first-order chi connectivity index (χ1) is 9.89. The largest absolute Gasteiger partial charge is 0.398 e. The van der Waals surface area contributed by atoms with Gasteiger partial charge in [-0.25, -0.2) is 8.42 Å². The van der Waals surface area contributed by atoms with Crippen LogP contribution in [0.1, 0.15) is 29.6 Å². The van der Waals surface area contributed by atoms with Crippen molar-refractivity contribution in [3.05, 3.63) is 23.8 Å². The van der Waals surface area contributed by atoms with Crippen LogP contribution in [0.5, 0.6) is 0 Å². The third-order valence-corrected chi connectivity index (χ3v) is 6.51. The highest BCUT2D eigenvalue weighted by molar-refractivity contribution is 7.89. The molecule has 21 heavy (non-hydrogen) atoms. The van der Waals surface area contributed by atoms with E-state index in [1.165, 1.54) is 28.9 Å². The first-order valence-electron chi connectivity index (χ1n) is 7.09. The number of sulfonamides is 1. The van der Waals surface area contributed by atoms with E-state index in [1.807, 2.05) is 0 Å². The van der Waals surface area contributed by atoms with Crippen molar-refractivity contribution >= 4 is 21.6 Å². The number of primary amides is 1. The minimum Gasteiger partial charge on any atom is -0.398 e. The summed E-state index contributed by atoms with van der Waals surface area (Å²) in [7, 11) is -3.60. The maximum Gasteiger partial charge on any atom is 0.248 e. The van der Waals surface area contributed by atoms with Gasteiger partial charge in [0.05, 0.1) is 5.69 Å². The number of carbonyl (C=O) groups is 1. The second-order valence-electron chi connectivity index (χ2n) is 5.89. The molecule has 114 valence electrons. The molecule has 0 radical (unpaired) electrons.